The fourth-order valence-electron chi connectivity index (χ4n) is 1.46. The lowest BCUT2D eigenvalue weighted by Crippen LogP contribution is -1.84. The Balaban J connectivity index is 2.33. The van der Waals surface area contributed by atoms with Gasteiger partial charge in [-0.25, -0.2) is 0 Å². The highest BCUT2D eigenvalue weighted by molar-refractivity contribution is 5.78. The van der Waals surface area contributed by atoms with Gasteiger partial charge in [0.15, 0.2) is 5.75 Å². The number of rotatable bonds is 2. The number of benzene rings is 2. The second-order valence-electron chi connectivity index (χ2n) is 3.37. The second-order valence-corrected chi connectivity index (χ2v) is 3.37. The summed E-state index contributed by atoms with van der Waals surface area (Å²) >= 11 is 0. The molecule has 2 aromatic rings. The Bertz CT molecular complexity index is 454. The van der Waals surface area contributed by atoms with Gasteiger partial charge in [0.1, 0.15) is 0 Å². The Labute approximate surface area is 89.3 Å². The quantitative estimate of drug-likeness (QED) is 0.692. The molecule has 0 unspecified atom stereocenters. The minimum atomic E-state index is 0.0274. The van der Waals surface area contributed by atoms with E-state index in [1.807, 2.05) is 30.3 Å². The van der Waals surface area contributed by atoms with Crippen molar-refractivity contribution < 1.29 is 5.11 Å². The van der Waals surface area contributed by atoms with Gasteiger partial charge in [0.2, 0.25) is 0 Å². The van der Waals surface area contributed by atoms with Gasteiger partial charge < -0.3 is 0 Å². The zero-order chi connectivity index (χ0) is 10.7. The van der Waals surface area contributed by atoms with Crippen LogP contribution in [-0.4, -0.2) is 0 Å². The third-order valence-corrected chi connectivity index (χ3v) is 2.33. The summed E-state index contributed by atoms with van der Waals surface area (Å²) in [5.41, 5.74) is 3.01. The van der Waals surface area contributed by atoms with Crippen LogP contribution in [0.1, 0.15) is 11.1 Å². The van der Waals surface area contributed by atoms with Crippen molar-refractivity contribution in [1.29, 1.82) is 0 Å². The third kappa shape index (κ3) is 2.08. The van der Waals surface area contributed by atoms with Gasteiger partial charge in [-0.2, -0.15) is 0 Å². The minimum Gasteiger partial charge on any atom is -0.290 e. The Hall–Kier alpha value is -2.02. The molecule has 0 aliphatic carbocycles. The Morgan fingerprint density at radius 1 is 0.800 bits per heavy atom. The molecule has 0 amide bonds. The topological polar surface area (TPSA) is 19.9 Å². The van der Waals surface area contributed by atoms with Crippen LogP contribution in [0.2, 0.25) is 0 Å². The van der Waals surface area contributed by atoms with Crippen molar-refractivity contribution in [2.45, 2.75) is 0 Å². The first kappa shape index (κ1) is 9.53. The zero-order valence-electron chi connectivity index (χ0n) is 8.31. The molecule has 15 heavy (non-hydrogen) atoms. The van der Waals surface area contributed by atoms with Crippen LogP contribution in [0.5, 0.6) is 5.75 Å². The fourth-order valence-corrected chi connectivity index (χ4v) is 1.46. The van der Waals surface area contributed by atoms with Crippen LogP contribution < -0.4 is 0 Å². The molecule has 0 fully saturated rings. The predicted octanol–water partition coefficient (Wildman–Crippen LogP) is 3.89. The lowest BCUT2D eigenvalue weighted by atomic mass is 10.00. The van der Waals surface area contributed by atoms with E-state index < -0.39 is 0 Å². The van der Waals surface area contributed by atoms with Crippen molar-refractivity contribution in [3.8, 4) is 5.75 Å². The fraction of sp³-hybridized carbons (Fsp3) is 0. The van der Waals surface area contributed by atoms with Crippen LogP contribution >= 0.6 is 0 Å². The summed E-state index contributed by atoms with van der Waals surface area (Å²) in [7, 11) is 0. The maximum Gasteiger partial charge on any atom is 0.178 e. The molecule has 0 aliphatic heterocycles. The van der Waals surface area contributed by atoms with Crippen molar-refractivity contribution >= 4 is 5.57 Å². The summed E-state index contributed by atoms with van der Waals surface area (Å²) in [5.74, 6) is 0.0274. The maximum absolute atomic E-state index is 11.0. The lowest BCUT2D eigenvalue weighted by molar-refractivity contribution is 0.355. The molecule has 0 aliphatic rings. The highest BCUT2D eigenvalue weighted by Crippen LogP contribution is 2.22. The average molecular weight is 195 g/mol. The number of hydrogen-bond acceptors (Lipinski definition) is 0. The van der Waals surface area contributed by atoms with Crippen LogP contribution in [0.4, 0.5) is 0 Å². The first-order chi connectivity index (χ1) is 7.27. The van der Waals surface area contributed by atoms with Crippen molar-refractivity contribution in [2.75, 3.05) is 0 Å². The van der Waals surface area contributed by atoms with E-state index in [9.17, 15) is 5.11 Å². The van der Waals surface area contributed by atoms with Crippen molar-refractivity contribution in [1.82, 2.24) is 0 Å². The van der Waals surface area contributed by atoms with E-state index in [1.165, 1.54) is 0 Å². The summed E-state index contributed by atoms with van der Waals surface area (Å²) in [5, 5.41) is 11.0. The van der Waals surface area contributed by atoms with Crippen LogP contribution in [0.3, 0.4) is 0 Å². The minimum absolute atomic E-state index is 0.0274. The highest BCUT2D eigenvalue weighted by Gasteiger charge is 2.01. The van der Waals surface area contributed by atoms with E-state index in [4.69, 9.17) is 0 Å². The van der Waals surface area contributed by atoms with Gasteiger partial charge in [0.25, 0.3) is 0 Å². The monoisotopic (exact) mass is 195 g/mol. The average Bonchev–Trinajstić information content (AvgIpc) is 2.30. The summed E-state index contributed by atoms with van der Waals surface area (Å²) < 4.78 is 0. The summed E-state index contributed by atoms with van der Waals surface area (Å²) in [4.78, 5) is 0. The molecule has 0 bridgehead atoms. The second kappa shape index (κ2) is 4.01. The van der Waals surface area contributed by atoms with Gasteiger partial charge in [-0.05, 0) is 28.8 Å². The molecule has 73 valence electrons. The molecular formula is C14H11O. The summed E-state index contributed by atoms with van der Waals surface area (Å²) in [6.45, 7) is 4.02. The SMILES string of the molecule is C=C(c1ccccc1)c1ccc([O])cc1. The third-order valence-electron chi connectivity index (χ3n) is 2.33. The Morgan fingerprint density at radius 3 is 1.93 bits per heavy atom. The Kier molecular flexibility index (Phi) is 2.55. The van der Waals surface area contributed by atoms with Gasteiger partial charge in [-0.1, -0.05) is 49.0 Å². The first-order valence-electron chi connectivity index (χ1n) is 4.79. The van der Waals surface area contributed by atoms with Gasteiger partial charge in [-0.3, -0.25) is 5.11 Å². The maximum atomic E-state index is 11.0. The van der Waals surface area contributed by atoms with Gasteiger partial charge in [0, 0.05) is 0 Å². The molecular weight excluding hydrogens is 184 g/mol. The molecule has 1 radical (unpaired) electrons. The molecule has 0 saturated carbocycles. The van der Waals surface area contributed by atoms with Gasteiger partial charge in [0.05, 0.1) is 0 Å². The van der Waals surface area contributed by atoms with E-state index in [-0.39, 0.29) is 5.75 Å². The highest BCUT2D eigenvalue weighted by atomic mass is 16.3. The van der Waals surface area contributed by atoms with Gasteiger partial charge in [-0.15, -0.1) is 0 Å². The first-order valence-corrected chi connectivity index (χ1v) is 4.79. The molecule has 2 rings (SSSR count). The van der Waals surface area contributed by atoms with Crippen LogP contribution in [0.25, 0.3) is 5.57 Å². The molecule has 0 heterocycles. The van der Waals surface area contributed by atoms with Crippen LogP contribution in [0, 0.1) is 0 Å². The normalized spacial score (nSPS) is 9.87. The molecule has 0 aromatic heterocycles. The van der Waals surface area contributed by atoms with E-state index in [2.05, 4.69) is 6.58 Å². The van der Waals surface area contributed by atoms with E-state index in [0.29, 0.717) is 0 Å². The van der Waals surface area contributed by atoms with Crippen molar-refractivity contribution in [3.05, 3.63) is 72.3 Å². The molecule has 0 N–H and O–H groups in total. The molecule has 0 saturated heterocycles. The smallest absolute Gasteiger partial charge is 0.178 e. The van der Waals surface area contributed by atoms with E-state index in [0.717, 1.165) is 16.7 Å². The summed E-state index contributed by atoms with van der Waals surface area (Å²) in [6, 6.07) is 16.7. The largest absolute Gasteiger partial charge is 0.290 e. The summed E-state index contributed by atoms with van der Waals surface area (Å²) in [6.07, 6.45) is 0. The molecule has 1 heteroatoms. The lowest BCUT2D eigenvalue weighted by Gasteiger charge is -2.05. The molecule has 0 spiro atoms. The number of hydrogen-bond donors (Lipinski definition) is 0. The van der Waals surface area contributed by atoms with Crippen LogP contribution in [-0.2, 0) is 5.11 Å². The van der Waals surface area contributed by atoms with Crippen LogP contribution in [0.15, 0.2) is 61.2 Å². The predicted molar refractivity (Wildman–Crippen MR) is 61.2 cm³/mol. The standard InChI is InChI=1S/C14H11O/c1-11(12-5-3-2-4-6-12)13-7-9-14(15)10-8-13/h2-10H,1H2. The van der Waals surface area contributed by atoms with E-state index in [1.54, 1.807) is 24.3 Å². The zero-order valence-corrected chi connectivity index (χ0v) is 8.31. The molecule has 2 aromatic carbocycles. The van der Waals surface area contributed by atoms with E-state index >= 15 is 0 Å². The van der Waals surface area contributed by atoms with Gasteiger partial charge >= 0.3 is 0 Å². The van der Waals surface area contributed by atoms with Crippen molar-refractivity contribution in [3.63, 3.8) is 0 Å². The molecule has 1 nitrogen and oxygen atoms in total. The Morgan fingerprint density at radius 2 is 1.33 bits per heavy atom. The van der Waals surface area contributed by atoms with Crippen molar-refractivity contribution in [2.24, 2.45) is 0 Å². The molecule has 0 atom stereocenters.